The van der Waals surface area contributed by atoms with Crippen molar-refractivity contribution in [1.82, 2.24) is 15.3 Å². The number of nitrogens with one attached hydrogen (secondary N) is 1. The lowest BCUT2D eigenvalue weighted by Gasteiger charge is -2.37. The molecule has 9 nitrogen and oxygen atoms in total. The molecule has 2 rings (SSSR count). The van der Waals surface area contributed by atoms with Gasteiger partial charge >= 0.3 is 18.1 Å². The molecule has 0 bridgehead atoms. The van der Waals surface area contributed by atoms with Gasteiger partial charge in [-0.05, 0) is 64.7 Å². The summed E-state index contributed by atoms with van der Waals surface area (Å²) in [7, 11) is 0. The Hall–Kier alpha value is -3.28. The smallest absolute Gasteiger partial charge is 0.426 e. The first kappa shape index (κ1) is 24.0. The van der Waals surface area contributed by atoms with Crippen LogP contribution >= 0.6 is 0 Å². The topological polar surface area (TPSA) is 112 Å². The number of rotatable bonds is 4. The second-order valence-electron chi connectivity index (χ2n) is 8.25. The van der Waals surface area contributed by atoms with Gasteiger partial charge in [0.05, 0.1) is 24.8 Å². The molecule has 1 aliphatic rings. The maximum absolute atomic E-state index is 13.4. The maximum Gasteiger partial charge on any atom is 0.426 e. The molecule has 1 atom stereocenters. The molecule has 1 aromatic rings. The van der Waals surface area contributed by atoms with E-state index in [1.165, 1.54) is 4.90 Å². The van der Waals surface area contributed by atoms with Crippen LogP contribution in [0.3, 0.4) is 0 Å². The lowest BCUT2D eigenvalue weighted by Crippen LogP contribution is -2.57. The summed E-state index contributed by atoms with van der Waals surface area (Å²) in [6.45, 7) is 7.52. The van der Waals surface area contributed by atoms with Crippen molar-refractivity contribution in [2.45, 2.75) is 65.1 Å². The molecular formula is C22H30N4O5. The third-order valence-electron chi connectivity index (χ3n) is 4.59. The van der Waals surface area contributed by atoms with Crippen LogP contribution in [0.2, 0.25) is 0 Å². The van der Waals surface area contributed by atoms with Crippen molar-refractivity contribution < 1.29 is 23.9 Å². The molecule has 1 heterocycles. The number of hydrogen-bond donors (Lipinski definition) is 1. The zero-order chi connectivity index (χ0) is 23.0. The summed E-state index contributed by atoms with van der Waals surface area (Å²) in [4.78, 5) is 39.6. The minimum atomic E-state index is -0.779. The number of likely N-dealkylation sites (tertiary alicyclic amines) is 1. The van der Waals surface area contributed by atoms with E-state index in [9.17, 15) is 14.4 Å². The third kappa shape index (κ3) is 7.17. The van der Waals surface area contributed by atoms with Crippen molar-refractivity contribution >= 4 is 18.1 Å². The highest BCUT2D eigenvalue weighted by atomic mass is 16.6. The fourth-order valence-corrected chi connectivity index (χ4v) is 3.23. The highest BCUT2D eigenvalue weighted by molar-refractivity contribution is 5.85. The van der Waals surface area contributed by atoms with Crippen molar-refractivity contribution in [3.63, 3.8) is 0 Å². The van der Waals surface area contributed by atoms with Crippen LogP contribution in [0.5, 0.6) is 0 Å². The van der Waals surface area contributed by atoms with E-state index in [-0.39, 0.29) is 13.2 Å². The SMILES string of the molecule is CCOC(=O)C1CCCCN1C(=O)N(Cc1ccc(C#N)cc1)NC(=O)OC(C)(C)C. The Morgan fingerprint density at radius 2 is 1.90 bits per heavy atom. The highest BCUT2D eigenvalue weighted by Gasteiger charge is 2.36. The highest BCUT2D eigenvalue weighted by Crippen LogP contribution is 2.21. The van der Waals surface area contributed by atoms with Crippen LogP contribution in [0.1, 0.15) is 58.1 Å². The largest absolute Gasteiger partial charge is 0.464 e. The number of hydrazine groups is 1. The van der Waals surface area contributed by atoms with Gasteiger partial charge in [0, 0.05) is 6.54 Å². The van der Waals surface area contributed by atoms with Crippen molar-refractivity contribution in [2.24, 2.45) is 0 Å². The number of piperidine rings is 1. The number of amides is 3. The molecule has 1 fully saturated rings. The number of carbonyl (C=O) groups excluding carboxylic acids is 3. The van der Waals surface area contributed by atoms with Gasteiger partial charge < -0.3 is 14.4 Å². The van der Waals surface area contributed by atoms with Crippen LogP contribution in [-0.4, -0.2) is 52.8 Å². The van der Waals surface area contributed by atoms with Crippen molar-refractivity contribution in [2.75, 3.05) is 13.2 Å². The van der Waals surface area contributed by atoms with E-state index in [0.717, 1.165) is 17.9 Å². The van der Waals surface area contributed by atoms with Gasteiger partial charge in [-0.15, -0.1) is 0 Å². The second-order valence-corrected chi connectivity index (χ2v) is 8.25. The van der Waals surface area contributed by atoms with Crippen LogP contribution < -0.4 is 5.43 Å². The van der Waals surface area contributed by atoms with Gasteiger partial charge in [-0.2, -0.15) is 5.26 Å². The van der Waals surface area contributed by atoms with Gasteiger partial charge in [0.15, 0.2) is 0 Å². The summed E-state index contributed by atoms with van der Waals surface area (Å²) in [5, 5.41) is 10.1. The normalized spacial score (nSPS) is 16.1. The molecule has 0 spiro atoms. The Morgan fingerprint density at radius 3 is 2.48 bits per heavy atom. The number of nitriles is 1. The summed E-state index contributed by atoms with van der Waals surface area (Å²) in [6.07, 6.45) is 1.28. The monoisotopic (exact) mass is 430 g/mol. The van der Waals surface area contributed by atoms with Gasteiger partial charge in [0.25, 0.3) is 0 Å². The fourth-order valence-electron chi connectivity index (χ4n) is 3.23. The summed E-state index contributed by atoms with van der Waals surface area (Å²) >= 11 is 0. The molecule has 1 N–H and O–H groups in total. The molecule has 1 saturated heterocycles. The molecule has 0 saturated carbocycles. The maximum atomic E-state index is 13.4. The number of esters is 1. The number of benzene rings is 1. The average molecular weight is 431 g/mol. The molecule has 0 aliphatic carbocycles. The zero-order valence-electron chi connectivity index (χ0n) is 18.5. The Balaban J connectivity index is 2.25. The Morgan fingerprint density at radius 1 is 1.23 bits per heavy atom. The van der Waals surface area contributed by atoms with Gasteiger partial charge in [-0.3, -0.25) is 0 Å². The number of carbonyl (C=O) groups is 3. The quantitative estimate of drug-likeness (QED) is 0.579. The Labute approximate surface area is 182 Å². The second kappa shape index (κ2) is 10.7. The summed E-state index contributed by atoms with van der Waals surface area (Å²) in [5.41, 5.74) is 2.95. The molecule has 1 aliphatic heterocycles. The third-order valence-corrected chi connectivity index (χ3v) is 4.59. The van der Waals surface area contributed by atoms with Gasteiger partial charge in [0.2, 0.25) is 0 Å². The zero-order valence-corrected chi connectivity index (χ0v) is 18.5. The molecule has 3 amide bonds. The van der Waals surface area contributed by atoms with E-state index in [2.05, 4.69) is 5.43 Å². The fraction of sp³-hybridized carbons (Fsp3) is 0.545. The number of nitrogens with zero attached hydrogens (tertiary/aromatic N) is 3. The first-order valence-corrected chi connectivity index (χ1v) is 10.4. The summed E-state index contributed by atoms with van der Waals surface area (Å²) < 4.78 is 10.4. The predicted octanol–water partition coefficient (Wildman–Crippen LogP) is 3.34. The molecule has 0 aromatic heterocycles. The van der Waals surface area contributed by atoms with E-state index >= 15 is 0 Å². The van der Waals surface area contributed by atoms with E-state index in [1.807, 2.05) is 6.07 Å². The molecule has 0 radical (unpaired) electrons. The summed E-state index contributed by atoms with van der Waals surface area (Å²) in [6, 6.07) is 7.49. The predicted molar refractivity (Wildman–Crippen MR) is 112 cm³/mol. The van der Waals surface area contributed by atoms with Crippen LogP contribution in [0.4, 0.5) is 9.59 Å². The first-order chi connectivity index (χ1) is 14.6. The first-order valence-electron chi connectivity index (χ1n) is 10.4. The van der Waals surface area contributed by atoms with Crippen LogP contribution in [0, 0.1) is 11.3 Å². The van der Waals surface area contributed by atoms with Gasteiger partial charge in [0.1, 0.15) is 11.6 Å². The van der Waals surface area contributed by atoms with E-state index in [1.54, 1.807) is 52.0 Å². The lowest BCUT2D eigenvalue weighted by molar-refractivity contribution is -0.149. The van der Waals surface area contributed by atoms with Crippen LogP contribution in [0.15, 0.2) is 24.3 Å². The molecule has 31 heavy (non-hydrogen) atoms. The number of ether oxygens (including phenoxy) is 2. The van der Waals surface area contributed by atoms with Crippen LogP contribution in [0.25, 0.3) is 0 Å². The molecular weight excluding hydrogens is 400 g/mol. The van der Waals surface area contributed by atoms with Crippen molar-refractivity contribution in [1.29, 1.82) is 5.26 Å². The van der Waals surface area contributed by atoms with Crippen molar-refractivity contribution in [3.05, 3.63) is 35.4 Å². The molecule has 9 heteroatoms. The number of hydrogen-bond acceptors (Lipinski definition) is 6. The molecule has 168 valence electrons. The minimum absolute atomic E-state index is 0.0375. The van der Waals surface area contributed by atoms with Gasteiger partial charge in [-0.1, -0.05) is 12.1 Å². The molecule has 1 aromatic carbocycles. The summed E-state index contributed by atoms with van der Waals surface area (Å²) in [5.74, 6) is -0.453. The van der Waals surface area contributed by atoms with E-state index in [0.29, 0.717) is 24.1 Å². The van der Waals surface area contributed by atoms with Gasteiger partial charge in [-0.25, -0.2) is 24.8 Å². The standard InChI is InChI=1S/C22H30N4O5/c1-5-30-19(27)18-8-6-7-13-25(18)21(29)26(24-20(28)31-22(2,3)4)15-17-11-9-16(14-23)10-12-17/h9-12,18H,5-8,13,15H2,1-4H3,(H,24,28). The Bertz CT molecular complexity index is 826. The van der Waals surface area contributed by atoms with E-state index < -0.39 is 29.7 Å². The van der Waals surface area contributed by atoms with E-state index in [4.69, 9.17) is 14.7 Å². The van der Waals surface area contributed by atoms with Crippen molar-refractivity contribution in [3.8, 4) is 6.07 Å². The Kier molecular flexibility index (Phi) is 8.25. The average Bonchev–Trinajstić information content (AvgIpc) is 2.72. The number of urea groups is 1. The lowest BCUT2D eigenvalue weighted by atomic mass is 10.0. The molecule has 1 unspecified atom stereocenters. The van der Waals surface area contributed by atoms with Crippen LogP contribution in [-0.2, 0) is 20.8 Å². The minimum Gasteiger partial charge on any atom is -0.464 e.